The maximum absolute atomic E-state index is 12.0. The molecule has 0 aromatic heterocycles. The number of nitrogens with zero attached hydrogens (tertiary/aromatic N) is 1. The Labute approximate surface area is 76.3 Å². The van der Waals surface area contributed by atoms with Crippen LogP contribution < -0.4 is 0 Å². The van der Waals surface area contributed by atoms with Gasteiger partial charge in [-0.1, -0.05) is 0 Å². The first kappa shape index (κ1) is 13.1. The van der Waals surface area contributed by atoms with E-state index in [4.69, 9.17) is 5.26 Å². The van der Waals surface area contributed by atoms with Gasteiger partial charge < -0.3 is 0 Å². The van der Waals surface area contributed by atoms with E-state index in [1.54, 1.807) is 0 Å². The Bertz CT molecular complexity index is 228. The molecule has 0 fully saturated rings. The summed E-state index contributed by atoms with van der Waals surface area (Å²) in [6.07, 6.45) is -10.9. The number of alkyl halides is 6. The van der Waals surface area contributed by atoms with Gasteiger partial charge in [0.15, 0.2) is 5.92 Å². The number of rotatable bonds is 1. The summed E-state index contributed by atoms with van der Waals surface area (Å²) in [6.45, 7) is 1.22. The first-order chi connectivity index (χ1) is 5.93. The summed E-state index contributed by atoms with van der Waals surface area (Å²) in [5.74, 6) is -3.62. The Kier molecular flexibility index (Phi) is 3.11. The van der Waals surface area contributed by atoms with Crippen molar-refractivity contribution in [3.8, 4) is 6.07 Å². The summed E-state index contributed by atoms with van der Waals surface area (Å²) >= 11 is 0. The number of hydrogen-bond acceptors (Lipinski definition) is 1. The lowest BCUT2D eigenvalue weighted by Crippen LogP contribution is -2.45. The van der Waals surface area contributed by atoms with Gasteiger partial charge in [0.05, 0.1) is 11.5 Å². The van der Waals surface area contributed by atoms with Gasteiger partial charge in [-0.05, 0) is 13.8 Å². The number of hydrogen-bond donors (Lipinski definition) is 0. The molecule has 0 saturated heterocycles. The molecule has 82 valence electrons. The molecule has 0 unspecified atom stereocenters. The predicted molar refractivity (Wildman–Crippen MR) is 35.0 cm³/mol. The SMILES string of the molecule is CC(C)(C#N)C(C(F)(F)F)C(F)(F)F. The van der Waals surface area contributed by atoms with Crippen molar-refractivity contribution in [2.24, 2.45) is 11.3 Å². The van der Waals surface area contributed by atoms with Crippen LogP contribution in [0.5, 0.6) is 0 Å². The fraction of sp³-hybridized carbons (Fsp3) is 0.857. The van der Waals surface area contributed by atoms with Crippen molar-refractivity contribution in [2.75, 3.05) is 0 Å². The molecular formula is C7H7F6N. The Morgan fingerprint density at radius 3 is 1.29 bits per heavy atom. The second kappa shape index (κ2) is 3.33. The Morgan fingerprint density at radius 2 is 1.21 bits per heavy atom. The van der Waals surface area contributed by atoms with E-state index in [1.165, 1.54) is 0 Å². The highest BCUT2D eigenvalue weighted by Gasteiger charge is 2.63. The minimum absolute atomic E-state index is 0.610. The van der Waals surface area contributed by atoms with Gasteiger partial charge in [-0.3, -0.25) is 0 Å². The van der Waals surface area contributed by atoms with E-state index in [0.717, 1.165) is 6.07 Å². The van der Waals surface area contributed by atoms with E-state index in [2.05, 4.69) is 0 Å². The smallest absolute Gasteiger partial charge is 0.198 e. The van der Waals surface area contributed by atoms with Gasteiger partial charge in [0.2, 0.25) is 0 Å². The van der Waals surface area contributed by atoms with E-state index in [1.807, 2.05) is 0 Å². The Balaban J connectivity index is 5.28. The van der Waals surface area contributed by atoms with E-state index >= 15 is 0 Å². The molecule has 0 radical (unpaired) electrons. The van der Waals surface area contributed by atoms with Crippen molar-refractivity contribution < 1.29 is 26.3 Å². The van der Waals surface area contributed by atoms with Crippen LogP contribution in [-0.2, 0) is 0 Å². The summed E-state index contributed by atoms with van der Waals surface area (Å²) in [6, 6.07) is 1.01. The molecule has 0 aromatic carbocycles. The van der Waals surface area contributed by atoms with Crippen LogP contribution in [0.2, 0.25) is 0 Å². The Morgan fingerprint density at radius 1 is 0.929 bits per heavy atom. The maximum atomic E-state index is 12.0. The molecule has 0 spiro atoms. The molecule has 7 heteroatoms. The second-order valence-electron chi connectivity index (χ2n) is 3.35. The lowest BCUT2D eigenvalue weighted by atomic mass is 9.79. The van der Waals surface area contributed by atoms with Gasteiger partial charge in [0, 0.05) is 0 Å². The van der Waals surface area contributed by atoms with Crippen molar-refractivity contribution in [1.82, 2.24) is 0 Å². The van der Waals surface area contributed by atoms with Crippen molar-refractivity contribution >= 4 is 0 Å². The van der Waals surface area contributed by atoms with E-state index in [0.29, 0.717) is 13.8 Å². The fourth-order valence-corrected chi connectivity index (χ4v) is 1.07. The fourth-order valence-electron chi connectivity index (χ4n) is 1.07. The first-order valence-corrected chi connectivity index (χ1v) is 3.47. The molecule has 0 aliphatic rings. The van der Waals surface area contributed by atoms with Gasteiger partial charge in [-0.25, -0.2) is 0 Å². The number of halogens is 6. The van der Waals surface area contributed by atoms with Crippen molar-refractivity contribution in [1.29, 1.82) is 5.26 Å². The monoisotopic (exact) mass is 219 g/mol. The summed E-state index contributed by atoms with van der Waals surface area (Å²) in [4.78, 5) is 0. The quantitative estimate of drug-likeness (QED) is 0.621. The zero-order valence-electron chi connectivity index (χ0n) is 7.29. The molecule has 0 rings (SSSR count). The molecule has 0 N–H and O–H groups in total. The third kappa shape index (κ3) is 2.79. The average Bonchev–Trinajstić information content (AvgIpc) is 1.79. The molecule has 14 heavy (non-hydrogen) atoms. The Hall–Kier alpha value is -0.930. The van der Waals surface area contributed by atoms with Crippen molar-refractivity contribution in [2.45, 2.75) is 26.2 Å². The highest BCUT2D eigenvalue weighted by molar-refractivity contribution is 5.02. The molecule has 0 aromatic rings. The molecule has 0 amide bonds. The van der Waals surface area contributed by atoms with Gasteiger partial charge >= 0.3 is 12.4 Å². The largest absolute Gasteiger partial charge is 0.402 e. The van der Waals surface area contributed by atoms with E-state index in [9.17, 15) is 26.3 Å². The molecule has 0 heterocycles. The molecular weight excluding hydrogens is 212 g/mol. The third-order valence-corrected chi connectivity index (χ3v) is 1.66. The third-order valence-electron chi connectivity index (χ3n) is 1.66. The summed E-state index contributed by atoms with van der Waals surface area (Å²) in [7, 11) is 0. The van der Waals surface area contributed by atoms with Crippen LogP contribution in [0.3, 0.4) is 0 Å². The molecule has 1 nitrogen and oxygen atoms in total. The molecule has 0 atom stereocenters. The summed E-state index contributed by atoms with van der Waals surface area (Å²) in [5, 5.41) is 8.24. The molecule has 0 bridgehead atoms. The van der Waals surface area contributed by atoms with Gasteiger partial charge in [0.1, 0.15) is 0 Å². The predicted octanol–water partition coefficient (Wildman–Crippen LogP) is 3.28. The molecule has 0 saturated carbocycles. The van der Waals surface area contributed by atoms with E-state index in [-0.39, 0.29) is 0 Å². The minimum atomic E-state index is -5.46. The van der Waals surface area contributed by atoms with Gasteiger partial charge in [-0.2, -0.15) is 31.6 Å². The summed E-state index contributed by atoms with van der Waals surface area (Å²) < 4.78 is 72.2. The summed E-state index contributed by atoms with van der Waals surface area (Å²) in [5.41, 5.74) is -2.52. The van der Waals surface area contributed by atoms with Crippen molar-refractivity contribution in [3.63, 3.8) is 0 Å². The van der Waals surface area contributed by atoms with E-state index < -0.39 is 23.7 Å². The molecule has 0 aliphatic carbocycles. The standard InChI is InChI=1S/C7H7F6N/c1-5(2,3-14)4(6(8,9)10)7(11,12)13/h4H,1-2H3. The van der Waals surface area contributed by atoms with Crippen LogP contribution in [0.15, 0.2) is 0 Å². The van der Waals surface area contributed by atoms with Crippen LogP contribution in [-0.4, -0.2) is 12.4 Å². The van der Waals surface area contributed by atoms with Gasteiger partial charge in [-0.15, -0.1) is 0 Å². The highest BCUT2D eigenvalue weighted by atomic mass is 19.4. The second-order valence-corrected chi connectivity index (χ2v) is 3.35. The topological polar surface area (TPSA) is 23.8 Å². The first-order valence-electron chi connectivity index (χ1n) is 3.47. The molecule has 0 aliphatic heterocycles. The minimum Gasteiger partial charge on any atom is -0.198 e. The lowest BCUT2D eigenvalue weighted by molar-refractivity contribution is -0.304. The normalized spacial score (nSPS) is 14.3. The maximum Gasteiger partial charge on any atom is 0.402 e. The van der Waals surface area contributed by atoms with Crippen LogP contribution in [0.4, 0.5) is 26.3 Å². The van der Waals surface area contributed by atoms with Crippen LogP contribution in [0.1, 0.15) is 13.8 Å². The van der Waals surface area contributed by atoms with Crippen LogP contribution >= 0.6 is 0 Å². The van der Waals surface area contributed by atoms with Crippen molar-refractivity contribution in [3.05, 3.63) is 0 Å². The van der Waals surface area contributed by atoms with Crippen LogP contribution in [0, 0.1) is 22.7 Å². The lowest BCUT2D eigenvalue weighted by Gasteiger charge is -2.31. The van der Waals surface area contributed by atoms with Gasteiger partial charge in [0.25, 0.3) is 0 Å². The zero-order valence-corrected chi connectivity index (χ0v) is 7.29. The average molecular weight is 219 g/mol. The highest BCUT2D eigenvalue weighted by Crippen LogP contribution is 2.48. The van der Waals surface area contributed by atoms with Crippen LogP contribution in [0.25, 0.3) is 0 Å². The zero-order chi connectivity index (χ0) is 11.8. The number of nitriles is 1.